The summed E-state index contributed by atoms with van der Waals surface area (Å²) in [5.41, 5.74) is 1.33. The van der Waals surface area contributed by atoms with E-state index in [0.29, 0.717) is 23.6 Å². The number of benzene rings is 1. The van der Waals surface area contributed by atoms with Crippen LogP contribution in [0.2, 0.25) is 0 Å². The largest absolute Gasteiger partial charge is 0.506 e. The van der Waals surface area contributed by atoms with Crippen LogP contribution in [0.15, 0.2) is 29.1 Å². The lowest BCUT2D eigenvalue weighted by atomic mass is 10.0. The van der Waals surface area contributed by atoms with Gasteiger partial charge in [-0.2, -0.15) is 0 Å². The summed E-state index contributed by atoms with van der Waals surface area (Å²) in [6.45, 7) is 4.83. The van der Waals surface area contributed by atoms with Gasteiger partial charge < -0.3 is 25.4 Å². The van der Waals surface area contributed by atoms with Crippen LogP contribution in [-0.2, 0) is 6.42 Å². The maximum Gasteiger partial charge on any atom is 0.345 e. The Bertz CT molecular complexity index is 889. The van der Waals surface area contributed by atoms with E-state index in [1.54, 1.807) is 0 Å². The van der Waals surface area contributed by atoms with Gasteiger partial charge in [-0.1, -0.05) is 19.1 Å². The summed E-state index contributed by atoms with van der Waals surface area (Å²) in [5, 5.41) is 22.7. The highest BCUT2D eigenvalue weighted by molar-refractivity contribution is 5.92. The van der Waals surface area contributed by atoms with Crippen LogP contribution >= 0.6 is 0 Å². The number of anilines is 1. The van der Waals surface area contributed by atoms with Gasteiger partial charge in [0.05, 0.1) is 5.69 Å². The summed E-state index contributed by atoms with van der Waals surface area (Å²) in [5.74, 6) is -1.25. The van der Waals surface area contributed by atoms with E-state index in [9.17, 15) is 14.7 Å². The molecular weight excluding hydrogens is 346 g/mol. The number of nitrogens with zero attached hydrogens (tertiary/aromatic N) is 1. The van der Waals surface area contributed by atoms with Crippen LogP contribution in [0.4, 0.5) is 5.69 Å². The van der Waals surface area contributed by atoms with Crippen molar-refractivity contribution in [2.24, 2.45) is 5.92 Å². The van der Waals surface area contributed by atoms with Gasteiger partial charge in [0.2, 0.25) is 0 Å². The van der Waals surface area contributed by atoms with E-state index < -0.39 is 22.8 Å². The minimum Gasteiger partial charge on any atom is -0.506 e. The molecule has 27 heavy (non-hydrogen) atoms. The molecule has 0 bridgehead atoms. The summed E-state index contributed by atoms with van der Waals surface area (Å²) in [4.78, 5) is 28.3. The number of hydrogen-bond acceptors (Lipinski definition) is 5. The second-order valence-corrected chi connectivity index (χ2v) is 6.90. The third kappa shape index (κ3) is 3.68. The minimum atomic E-state index is -1.43. The van der Waals surface area contributed by atoms with Crippen LogP contribution in [0.5, 0.6) is 5.75 Å². The Balaban J connectivity index is 1.92. The van der Waals surface area contributed by atoms with Crippen molar-refractivity contribution >= 4 is 11.7 Å². The standard InChI is InChI=1S/C20H25N3O4/c1-3-15-17(22-19(25)16(18(15)24)20(26)27)13-4-6-14(7-5-13)23-9-8-12(11-23)10-21-2/h4-7,12,21H,3,8-11H2,1-2H3,(H,26,27)(H2,22,24,25). The van der Waals surface area contributed by atoms with Crippen molar-refractivity contribution in [3.63, 3.8) is 0 Å². The van der Waals surface area contributed by atoms with Crippen LogP contribution in [-0.4, -0.2) is 47.8 Å². The first-order valence-electron chi connectivity index (χ1n) is 9.17. The van der Waals surface area contributed by atoms with Gasteiger partial charge in [-0.05, 0) is 50.0 Å². The molecular formula is C20H25N3O4. The van der Waals surface area contributed by atoms with E-state index in [2.05, 4.69) is 15.2 Å². The molecule has 1 atom stereocenters. The average Bonchev–Trinajstić information content (AvgIpc) is 3.10. The topological polar surface area (TPSA) is 106 Å². The molecule has 2 heterocycles. The number of rotatable bonds is 6. The number of carboxylic acids is 1. The zero-order valence-corrected chi connectivity index (χ0v) is 15.6. The summed E-state index contributed by atoms with van der Waals surface area (Å²) < 4.78 is 0. The van der Waals surface area contributed by atoms with Crippen LogP contribution < -0.4 is 15.8 Å². The summed E-state index contributed by atoms with van der Waals surface area (Å²) in [7, 11) is 1.97. The molecule has 1 saturated heterocycles. The monoisotopic (exact) mass is 371 g/mol. The van der Waals surface area contributed by atoms with Gasteiger partial charge in [-0.3, -0.25) is 4.79 Å². The summed E-state index contributed by atoms with van der Waals surface area (Å²) in [6, 6.07) is 7.78. The Hall–Kier alpha value is -2.80. The maximum absolute atomic E-state index is 12.1. The molecule has 1 aliphatic heterocycles. The Kier molecular flexibility index (Phi) is 5.51. The van der Waals surface area contributed by atoms with E-state index in [1.165, 1.54) is 0 Å². The van der Waals surface area contributed by atoms with Gasteiger partial charge in [-0.25, -0.2) is 4.79 Å². The number of pyridine rings is 1. The first-order valence-corrected chi connectivity index (χ1v) is 9.17. The van der Waals surface area contributed by atoms with Crippen molar-refractivity contribution < 1.29 is 15.0 Å². The molecule has 1 fully saturated rings. The molecule has 1 aromatic carbocycles. The van der Waals surface area contributed by atoms with Crippen molar-refractivity contribution in [3.05, 3.63) is 45.7 Å². The van der Waals surface area contributed by atoms with Crippen molar-refractivity contribution in [1.29, 1.82) is 0 Å². The SMILES string of the molecule is CCc1c(-c2ccc(N3CCC(CNC)C3)cc2)[nH]c(=O)c(C(=O)O)c1O. The van der Waals surface area contributed by atoms with Gasteiger partial charge in [-0.15, -0.1) is 0 Å². The number of aromatic hydroxyl groups is 1. The number of H-pyrrole nitrogens is 1. The molecule has 7 nitrogen and oxygen atoms in total. The molecule has 0 radical (unpaired) electrons. The van der Waals surface area contributed by atoms with Gasteiger partial charge >= 0.3 is 5.97 Å². The highest BCUT2D eigenvalue weighted by atomic mass is 16.4. The van der Waals surface area contributed by atoms with E-state index in [0.717, 1.165) is 37.3 Å². The van der Waals surface area contributed by atoms with Crippen LogP contribution in [0, 0.1) is 5.92 Å². The van der Waals surface area contributed by atoms with E-state index in [4.69, 9.17) is 5.11 Å². The molecule has 1 aliphatic rings. The van der Waals surface area contributed by atoms with Crippen LogP contribution in [0.25, 0.3) is 11.3 Å². The molecule has 1 unspecified atom stereocenters. The highest BCUT2D eigenvalue weighted by Crippen LogP contribution is 2.31. The molecule has 0 amide bonds. The fourth-order valence-electron chi connectivity index (χ4n) is 3.78. The highest BCUT2D eigenvalue weighted by Gasteiger charge is 2.23. The molecule has 0 spiro atoms. The zero-order chi connectivity index (χ0) is 19.6. The average molecular weight is 371 g/mol. The smallest absolute Gasteiger partial charge is 0.345 e. The van der Waals surface area contributed by atoms with Gasteiger partial charge in [0.25, 0.3) is 5.56 Å². The second-order valence-electron chi connectivity index (χ2n) is 6.90. The fourth-order valence-corrected chi connectivity index (χ4v) is 3.78. The molecule has 4 N–H and O–H groups in total. The molecule has 0 aliphatic carbocycles. The first-order chi connectivity index (χ1) is 13.0. The molecule has 3 rings (SSSR count). The van der Waals surface area contributed by atoms with Crippen molar-refractivity contribution in [2.75, 3.05) is 31.6 Å². The van der Waals surface area contributed by atoms with Gasteiger partial charge in [0.15, 0.2) is 5.56 Å². The number of aromatic nitrogens is 1. The Labute approximate surface area is 157 Å². The number of carboxylic acid groups (broad SMARTS) is 1. The van der Waals surface area contributed by atoms with Crippen LogP contribution in [0.3, 0.4) is 0 Å². The van der Waals surface area contributed by atoms with Gasteiger partial charge in [0.1, 0.15) is 5.75 Å². The normalized spacial score (nSPS) is 16.7. The third-order valence-corrected chi connectivity index (χ3v) is 5.16. The number of hydrogen-bond donors (Lipinski definition) is 4. The predicted molar refractivity (Wildman–Crippen MR) is 105 cm³/mol. The molecule has 0 saturated carbocycles. The van der Waals surface area contributed by atoms with E-state index in [-0.39, 0.29) is 0 Å². The summed E-state index contributed by atoms with van der Waals surface area (Å²) in [6.07, 6.45) is 1.55. The van der Waals surface area contributed by atoms with Crippen molar-refractivity contribution in [3.8, 4) is 17.0 Å². The lowest BCUT2D eigenvalue weighted by molar-refractivity contribution is 0.0691. The van der Waals surface area contributed by atoms with Crippen molar-refractivity contribution in [2.45, 2.75) is 19.8 Å². The second kappa shape index (κ2) is 7.84. The number of aromatic amines is 1. The third-order valence-electron chi connectivity index (χ3n) is 5.16. The minimum absolute atomic E-state index is 0.401. The maximum atomic E-state index is 12.1. The van der Waals surface area contributed by atoms with E-state index in [1.807, 2.05) is 38.2 Å². The predicted octanol–water partition coefficient (Wildman–Crippen LogP) is 2.05. The molecule has 2 aromatic rings. The quantitative estimate of drug-likeness (QED) is 0.619. The lowest BCUT2D eigenvalue weighted by Gasteiger charge is -2.19. The van der Waals surface area contributed by atoms with Gasteiger partial charge in [0, 0.05) is 24.3 Å². The van der Waals surface area contributed by atoms with Crippen molar-refractivity contribution in [1.82, 2.24) is 10.3 Å². The number of carbonyl (C=O) groups is 1. The molecule has 1 aromatic heterocycles. The first kappa shape index (κ1) is 19.0. The molecule has 7 heteroatoms. The lowest BCUT2D eigenvalue weighted by Crippen LogP contribution is -2.24. The Morgan fingerprint density at radius 1 is 1.33 bits per heavy atom. The Morgan fingerprint density at radius 2 is 2.04 bits per heavy atom. The number of nitrogens with one attached hydrogen (secondary N) is 2. The van der Waals surface area contributed by atoms with E-state index >= 15 is 0 Å². The molecule has 144 valence electrons. The summed E-state index contributed by atoms with van der Waals surface area (Å²) >= 11 is 0. The number of aromatic carboxylic acids is 1. The Morgan fingerprint density at radius 3 is 2.63 bits per heavy atom. The zero-order valence-electron chi connectivity index (χ0n) is 15.6. The fraction of sp³-hybridized carbons (Fsp3) is 0.400. The van der Waals surface area contributed by atoms with Crippen LogP contribution in [0.1, 0.15) is 29.3 Å².